The van der Waals surface area contributed by atoms with Crippen molar-refractivity contribution in [2.24, 2.45) is 0 Å². The molecule has 0 atom stereocenters. The number of anilines is 1. The van der Waals surface area contributed by atoms with Gasteiger partial charge in [0.25, 0.3) is 15.9 Å². The van der Waals surface area contributed by atoms with Crippen LogP contribution in [0.3, 0.4) is 0 Å². The summed E-state index contributed by atoms with van der Waals surface area (Å²) < 4.78 is 40.5. The molecule has 0 spiro atoms. The number of nitrogens with zero attached hydrogens (tertiary/aromatic N) is 2. The molecule has 0 fully saturated rings. The van der Waals surface area contributed by atoms with Gasteiger partial charge >= 0.3 is 0 Å². The van der Waals surface area contributed by atoms with Crippen LogP contribution in [0.25, 0.3) is 0 Å². The average Bonchev–Trinajstić information content (AvgIpc) is 2.70. The van der Waals surface area contributed by atoms with Crippen LogP contribution in [-0.2, 0) is 16.6 Å². The summed E-state index contributed by atoms with van der Waals surface area (Å²) in [6.45, 7) is 0.347. The zero-order valence-corrected chi connectivity index (χ0v) is 16.9. The summed E-state index contributed by atoms with van der Waals surface area (Å²) in [6, 6.07) is 14.6. The number of nitrogens with one attached hydrogen (secondary N) is 1. The molecule has 1 aromatic heterocycles. The molecule has 2 aromatic carbocycles. The van der Waals surface area contributed by atoms with Crippen molar-refractivity contribution in [3.8, 4) is 0 Å². The molecule has 9 heteroatoms. The van der Waals surface area contributed by atoms with Crippen molar-refractivity contribution in [2.75, 3.05) is 11.8 Å². The van der Waals surface area contributed by atoms with E-state index in [1.165, 1.54) is 29.2 Å². The number of hydrogen-bond acceptors (Lipinski definition) is 4. The normalized spacial score (nSPS) is 11.1. The molecule has 0 saturated heterocycles. The Morgan fingerprint density at radius 2 is 1.86 bits per heavy atom. The van der Waals surface area contributed by atoms with Crippen LogP contribution >= 0.6 is 11.6 Å². The highest BCUT2D eigenvalue weighted by Crippen LogP contribution is 2.22. The van der Waals surface area contributed by atoms with Gasteiger partial charge in [0, 0.05) is 24.5 Å². The average molecular weight is 434 g/mol. The summed E-state index contributed by atoms with van der Waals surface area (Å²) >= 11 is 5.65. The Kier molecular flexibility index (Phi) is 6.14. The van der Waals surface area contributed by atoms with Gasteiger partial charge in [-0.25, -0.2) is 12.8 Å². The fourth-order valence-corrected chi connectivity index (χ4v) is 3.90. The lowest BCUT2D eigenvalue weighted by Crippen LogP contribution is -2.26. The van der Waals surface area contributed by atoms with E-state index in [-0.39, 0.29) is 21.5 Å². The Balaban J connectivity index is 1.70. The molecule has 1 N–H and O–H groups in total. The van der Waals surface area contributed by atoms with Gasteiger partial charge in [-0.1, -0.05) is 17.7 Å². The number of carbonyl (C=O) groups excluding carboxylic acids is 1. The molecular formula is C20H17ClFN3O3S. The summed E-state index contributed by atoms with van der Waals surface area (Å²) in [4.78, 5) is 18.1. The van der Waals surface area contributed by atoms with Gasteiger partial charge in [0.1, 0.15) is 5.82 Å². The molecule has 6 nitrogen and oxygen atoms in total. The SMILES string of the molecule is CN(Cc1ccccn1)C(=O)c1ccc(NS(=O)(=O)c2ccc(F)c(Cl)c2)cc1. The summed E-state index contributed by atoms with van der Waals surface area (Å²) in [5.41, 5.74) is 1.41. The Bertz CT molecular complexity index is 1120. The second-order valence-corrected chi connectivity index (χ2v) is 8.33. The second-order valence-electron chi connectivity index (χ2n) is 6.24. The zero-order valence-electron chi connectivity index (χ0n) is 15.3. The van der Waals surface area contributed by atoms with E-state index in [1.54, 1.807) is 19.3 Å². The number of aromatic nitrogens is 1. The third kappa shape index (κ3) is 5.10. The minimum Gasteiger partial charge on any atom is -0.336 e. The van der Waals surface area contributed by atoms with E-state index >= 15 is 0 Å². The van der Waals surface area contributed by atoms with Crippen molar-refractivity contribution in [1.29, 1.82) is 0 Å². The fraction of sp³-hybridized carbons (Fsp3) is 0.100. The molecule has 0 bridgehead atoms. The molecule has 1 amide bonds. The predicted octanol–water partition coefficient (Wildman–Crippen LogP) is 3.95. The first kappa shape index (κ1) is 20.8. The molecule has 0 radical (unpaired) electrons. The maximum absolute atomic E-state index is 13.2. The van der Waals surface area contributed by atoms with Crippen LogP contribution in [0.4, 0.5) is 10.1 Å². The number of rotatable bonds is 6. The molecule has 150 valence electrons. The van der Waals surface area contributed by atoms with Crippen molar-refractivity contribution < 1.29 is 17.6 Å². The Labute approximate surface area is 173 Å². The lowest BCUT2D eigenvalue weighted by atomic mass is 10.2. The molecular weight excluding hydrogens is 417 g/mol. The molecule has 0 aliphatic rings. The Morgan fingerprint density at radius 1 is 1.14 bits per heavy atom. The smallest absolute Gasteiger partial charge is 0.261 e. The third-order valence-corrected chi connectivity index (χ3v) is 5.73. The quantitative estimate of drug-likeness (QED) is 0.638. The standard InChI is InChI=1S/C20H17ClFN3O3S/c1-25(13-16-4-2-3-11-23-16)20(26)14-5-7-15(8-6-14)24-29(27,28)17-9-10-19(22)18(21)12-17/h2-12,24H,13H2,1H3. The number of hydrogen-bond donors (Lipinski definition) is 1. The minimum atomic E-state index is -3.95. The fourth-order valence-electron chi connectivity index (χ4n) is 2.57. The van der Waals surface area contributed by atoms with Crippen LogP contribution in [0.5, 0.6) is 0 Å². The molecule has 3 rings (SSSR count). The highest BCUT2D eigenvalue weighted by molar-refractivity contribution is 7.92. The van der Waals surface area contributed by atoms with E-state index in [0.29, 0.717) is 12.1 Å². The summed E-state index contributed by atoms with van der Waals surface area (Å²) in [7, 11) is -2.29. The first-order chi connectivity index (χ1) is 13.8. The lowest BCUT2D eigenvalue weighted by molar-refractivity contribution is 0.0783. The van der Waals surface area contributed by atoms with Crippen molar-refractivity contribution >= 4 is 33.2 Å². The van der Waals surface area contributed by atoms with Crippen molar-refractivity contribution in [1.82, 2.24) is 9.88 Å². The van der Waals surface area contributed by atoms with E-state index in [2.05, 4.69) is 9.71 Å². The van der Waals surface area contributed by atoms with Crippen LogP contribution in [0.15, 0.2) is 71.8 Å². The monoisotopic (exact) mass is 433 g/mol. The van der Waals surface area contributed by atoms with Gasteiger partial charge in [-0.2, -0.15) is 0 Å². The van der Waals surface area contributed by atoms with Crippen LogP contribution in [-0.4, -0.2) is 31.3 Å². The largest absolute Gasteiger partial charge is 0.336 e. The Hall–Kier alpha value is -2.97. The minimum absolute atomic E-state index is 0.167. The van der Waals surface area contributed by atoms with E-state index in [9.17, 15) is 17.6 Å². The van der Waals surface area contributed by atoms with Crippen LogP contribution in [0.1, 0.15) is 16.1 Å². The van der Waals surface area contributed by atoms with Crippen LogP contribution < -0.4 is 4.72 Å². The highest BCUT2D eigenvalue weighted by Gasteiger charge is 2.17. The van der Waals surface area contributed by atoms with Gasteiger partial charge in [-0.3, -0.25) is 14.5 Å². The summed E-state index contributed by atoms with van der Waals surface area (Å²) in [6.07, 6.45) is 1.66. The van der Waals surface area contributed by atoms with E-state index in [0.717, 1.165) is 23.9 Å². The van der Waals surface area contributed by atoms with Crippen LogP contribution in [0, 0.1) is 5.82 Å². The van der Waals surface area contributed by atoms with Crippen LogP contribution in [0.2, 0.25) is 5.02 Å². The molecule has 0 unspecified atom stereocenters. The predicted molar refractivity (Wildman–Crippen MR) is 109 cm³/mol. The van der Waals surface area contributed by atoms with Gasteiger partial charge in [-0.15, -0.1) is 0 Å². The molecule has 0 aliphatic heterocycles. The molecule has 3 aromatic rings. The maximum Gasteiger partial charge on any atom is 0.261 e. The number of amides is 1. The van der Waals surface area contributed by atoms with E-state index < -0.39 is 15.8 Å². The van der Waals surface area contributed by atoms with E-state index in [4.69, 9.17) is 11.6 Å². The number of sulfonamides is 1. The Morgan fingerprint density at radius 3 is 2.48 bits per heavy atom. The molecule has 1 heterocycles. The van der Waals surface area contributed by atoms with E-state index in [1.807, 2.05) is 12.1 Å². The summed E-state index contributed by atoms with van der Waals surface area (Å²) in [5.74, 6) is -0.932. The maximum atomic E-state index is 13.2. The topological polar surface area (TPSA) is 79.4 Å². The third-order valence-electron chi connectivity index (χ3n) is 4.06. The first-order valence-corrected chi connectivity index (χ1v) is 10.4. The zero-order chi connectivity index (χ0) is 21.0. The van der Waals surface area contributed by atoms with Gasteiger partial charge in [-0.05, 0) is 54.6 Å². The van der Waals surface area contributed by atoms with Crippen molar-refractivity contribution in [2.45, 2.75) is 11.4 Å². The van der Waals surface area contributed by atoms with Gasteiger partial charge in [0.2, 0.25) is 0 Å². The highest BCUT2D eigenvalue weighted by atomic mass is 35.5. The molecule has 0 saturated carbocycles. The van der Waals surface area contributed by atoms with Gasteiger partial charge < -0.3 is 4.90 Å². The summed E-state index contributed by atoms with van der Waals surface area (Å²) in [5, 5.41) is -0.287. The van der Waals surface area contributed by atoms with Gasteiger partial charge in [0.15, 0.2) is 0 Å². The number of pyridine rings is 1. The van der Waals surface area contributed by atoms with Crippen molar-refractivity contribution in [3.63, 3.8) is 0 Å². The van der Waals surface area contributed by atoms with Gasteiger partial charge in [0.05, 0.1) is 22.2 Å². The molecule has 0 aliphatic carbocycles. The molecule has 29 heavy (non-hydrogen) atoms. The first-order valence-electron chi connectivity index (χ1n) is 8.49. The second kappa shape index (κ2) is 8.59. The lowest BCUT2D eigenvalue weighted by Gasteiger charge is -2.17. The number of benzene rings is 2. The van der Waals surface area contributed by atoms with Crippen molar-refractivity contribution in [3.05, 3.63) is 89.0 Å². The number of halogens is 2. The number of carbonyl (C=O) groups is 1.